The van der Waals surface area contributed by atoms with Crippen molar-refractivity contribution in [1.82, 2.24) is 4.31 Å². The van der Waals surface area contributed by atoms with E-state index in [0.717, 1.165) is 0 Å². The molecule has 0 saturated carbocycles. The minimum absolute atomic E-state index is 0.186. The molecule has 18 heavy (non-hydrogen) atoms. The van der Waals surface area contributed by atoms with E-state index in [1.807, 2.05) is 12.2 Å². The largest absolute Gasteiger partial charge is 0.326 e. The molecule has 0 radical (unpaired) electrons. The molecule has 0 aliphatic carbocycles. The molecule has 96 valence electrons. The quantitative estimate of drug-likeness (QED) is 0.836. The Hall–Kier alpha value is -1.66. The SMILES string of the molecule is CC(=O)Nc1ccc(S(=O)(=O)N2CC=CC2)cc1. The second-order valence-corrected chi connectivity index (χ2v) is 5.94. The van der Waals surface area contributed by atoms with E-state index in [9.17, 15) is 13.2 Å². The van der Waals surface area contributed by atoms with Gasteiger partial charge in [0, 0.05) is 25.7 Å². The number of hydrogen-bond donors (Lipinski definition) is 1. The van der Waals surface area contributed by atoms with E-state index in [2.05, 4.69) is 5.32 Å². The zero-order chi connectivity index (χ0) is 13.2. The van der Waals surface area contributed by atoms with E-state index < -0.39 is 10.0 Å². The molecule has 1 aromatic rings. The highest BCUT2D eigenvalue weighted by atomic mass is 32.2. The fraction of sp³-hybridized carbons (Fsp3) is 0.250. The van der Waals surface area contributed by atoms with Crippen molar-refractivity contribution in [2.75, 3.05) is 18.4 Å². The van der Waals surface area contributed by atoms with E-state index in [1.54, 1.807) is 12.1 Å². The lowest BCUT2D eigenvalue weighted by Gasteiger charge is -2.15. The Labute approximate surface area is 106 Å². The van der Waals surface area contributed by atoms with Crippen molar-refractivity contribution in [3.8, 4) is 0 Å². The van der Waals surface area contributed by atoms with Crippen molar-refractivity contribution < 1.29 is 13.2 Å². The van der Waals surface area contributed by atoms with Gasteiger partial charge in [0.15, 0.2) is 0 Å². The van der Waals surface area contributed by atoms with Crippen molar-refractivity contribution in [2.45, 2.75) is 11.8 Å². The maximum absolute atomic E-state index is 12.2. The highest BCUT2D eigenvalue weighted by Gasteiger charge is 2.24. The Kier molecular flexibility index (Phi) is 3.49. The third-order valence-corrected chi connectivity index (χ3v) is 4.44. The van der Waals surface area contributed by atoms with Crippen molar-refractivity contribution in [3.63, 3.8) is 0 Å². The molecule has 0 atom stereocenters. The summed E-state index contributed by atoms with van der Waals surface area (Å²) in [6.45, 7) is 2.23. The first-order chi connectivity index (χ1) is 8.50. The average molecular weight is 266 g/mol. The Balaban J connectivity index is 2.21. The Bertz CT molecular complexity index is 568. The lowest BCUT2D eigenvalue weighted by Crippen LogP contribution is -2.28. The molecule has 1 heterocycles. The summed E-state index contributed by atoms with van der Waals surface area (Å²) in [5.41, 5.74) is 0.584. The van der Waals surface area contributed by atoms with Crippen LogP contribution in [0.15, 0.2) is 41.3 Å². The third kappa shape index (κ3) is 2.60. The Morgan fingerprint density at radius 2 is 1.72 bits per heavy atom. The van der Waals surface area contributed by atoms with Gasteiger partial charge in [0.2, 0.25) is 15.9 Å². The molecule has 1 amide bonds. The van der Waals surface area contributed by atoms with Gasteiger partial charge in [-0.1, -0.05) is 12.2 Å². The van der Waals surface area contributed by atoms with Crippen LogP contribution in [0.4, 0.5) is 5.69 Å². The predicted octanol–water partition coefficient (Wildman–Crippen LogP) is 1.21. The van der Waals surface area contributed by atoms with E-state index in [4.69, 9.17) is 0 Å². The molecule has 0 spiro atoms. The molecule has 0 bridgehead atoms. The predicted molar refractivity (Wildman–Crippen MR) is 68.6 cm³/mol. The summed E-state index contributed by atoms with van der Waals surface area (Å²) in [5, 5.41) is 2.59. The van der Waals surface area contributed by atoms with Crippen LogP contribution in [0, 0.1) is 0 Å². The third-order valence-electron chi connectivity index (χ3n) is 2.60. The highest BCUT2D eigenvalue weighted by molar-refractivity contribution is 7.89. The number of nitrogens with zero attached hydrogens (tertiary/aromatic N) is 1. The van der Waals surface area contributed by atoms with E-state index >= 15 is 0 Å². The number of rotatable bonds is 3. The van der Waals surface area contributed by atoms with Crippen LogP contribution in [0.1, 0.15) is 6.92 Å². The Morgan fingerprint density at radius 1 is 1.17 bits per heavy atom. The number of sulfonamides is 1. The van der Waals surface area contributed by atoms with Crippen LogP contribution < -0.4 is 5.32 Å². The molecule has 0 fully saturated rings. The summed E-state index contributed by atoms with van der Waals surface area (Å²) < 4.78 is 25.7. The molecule has 2 rings (SSSR count). The molecule has 0 aromatic heterocycles. The summed E-state index contributed by atoms with van der Waals surface area (Å²) in [6.07, 6.45) is 3.65. The zero-order valence-corrected chi connectivity index (χ0v) is 10.8. The molecular formula is C12H14N2O3S. The molecular weight excluding hydrogens is 252 g/mol. The van der Waals surface area contributed by atoms with Crippen molar-refractivity contribution in [1.29, 1.82) is 0 Å². The average Bonchev–Trinajstić information content (AvgIpc) is 2.83. The summed E-state index contributed by atoms with van der Waals surface area (Å²) in [5.74, 6) is -0.186. The summed E-state index contributed by atoms with van der Waals surface area (Å²) >= 11 is 0. The lowest BCUT2D eigenvalue weighted by molar-refractivity contribution is -0.114. The van der Waals surface area contributed by atoms with E-state index in [1.165, 1.54) is 23.4 Å². The molecule has 1 aromatic carbocycles. The number of carbonyl (C=O) groups is 1. The summed E-state index contributed by atoms with van der Waals surface area (Å²) in [6, 6.07) is 6.16. The maximum atomic E-state index is 12.2. The maximum Gasteiger partial charge on any atom is 0.243 e. The number of benzene rings is 1. The minimum atomic E-state index is -3.43. The number of carbonyl (C=O) groups excluding carboxylic acids is 1. The first-order valence-electron chi connectivity index (χ1n) is 5.53. The summed E-state index contributed by atoms with van der Waals surface area (Å²) in [7, 11) is -3.43. The highest BCUT2D eigenvalue weighted by Crippen LogP contribution is 2.19. The number of hydrogen-bond acceptors (Lipinski definition) is 3. The summed E-state index contributed by atoms with van der Waals surface area (Å²) in [4.78, 5) is 11.1. The second kappa shape index (κ2) is 4.91. The van der Waals surface area contributed by atoms with Crippen molar-refractivity contribution in [3.05, 3.63) is 36.4 Å². The molecule has 0 unspecified atom stereocenters. The van der Waals surface area contributed by atoms with Gasteiger partial charge in [-0.3, -0.25) is 4.79 Å². The van der Waals surface area contributed by atoms with Gasteiger partial charge in [-0.2, -0.15) is 4.31 Å². The number of nitrogens with one attached hydrogen (secondary N) is 1. The van der Waals surface area contributed by atoms with Crippen LogP contribution in [0.5, 0.6) is 0 Å². The van der Waals surface area contributed by atoms with Gasteiger partial charge in [-0.25, -0.2) is 8.42 Å². The van der Waals surface area contributed by atoms with Gasteiger partial charge in [0.1, 0.15) is 0 Å². The molecule has 0 saturated heterocycles. The van der Waals surface area contributed by atoms with Gasteiger partial charge in [-0.05, 0) is 24.3 Å². The molecule has 1 aliphatic rings. The minimum Gasteiger partial charge on any atom is -0.326 e. The fourth-order valence-corrected chi connectivity index (χ4v) is 3.06. The van der Waals surface area contributed by atoms with Crippen LogP contribution in [0.25, 0.3) is 0 Å². The smallest absolute Gasteiger partial charge is 0.243 e. The fourth-order valence-electron chi connectivity index (χ4n) is 1.72. The second-order valence-electron chi connectivity index (χ2n) is 4.00. The van der Waals surface area contributed by atoms with E-state index in [-0.39, 0.29) is 10.8 Å². The topological polar surface area (TPSA) is 66.5 Å². The van der Waals surface area contributed by atoms with Crippen molar-refractivity contribution in [2.24, 2.45) is 0 Å². The normalized spacial score (nSPS) is 15.8. The van der Waals surface area contributed by atoms with Gasteiger partial charge in [-0.15, -0.1) is 0 Å². The number of anilines is 1. The zero-order valence-electron chi connectivity index (χ0n) is 9.96. The molecule has 5 nitrogen and oxygen atoms in total. The van der Waals surface area contributed by atoms with Crippen LogP contribution in [-0.2, 0) is 14.8 Å². The monoisotopic (exact) mass is 266 g/mol. The van der Waals surface area contributed by atoms with Crippen LogP contribution >= 0.6 is 0 Å². The van der Waals surface area contributed by atoms with Crippen LogP contribution in [-0.4, -0.2) is 31.7 Å². The number of amides is 1. The standard InChI is InChI=1S/C12H14N2O3S/c1-10(15)13-11-4-6-12(7-5-11)18(16,17)14-8-2-3-9-14/h2-7H,8-9H2,1H3,(H,13,15). The van der Waals surface area contributed by atoms with E-state index in [0.29, 0.717) is 18.8 Å². The van der Waals surface area contributed by atoms with Crippen LogP contribution in [0.3, 0.4) is 0 Å². The lowest BCUT2D eigenvalue weighted by atomic mass is 10.3. The first-order valence-corrected chi connectivity index (χ1v) is 6.97. The first kappa shape index (κ1) is 12.8. The molecule has 1 aliphatic heterocycles. The van der Waals surface area contributed by atoms with Gasteiger partial charge in [0.25, 0.3) is 0 Å². The van der Waals surface area contributed by atoms with Crippen LogP contribution in [0.2, 0.25) is 0 Å². The van der Waals surface area contributed by atoms with Crippen molar-refractivity contribution >= 4 is 21.6 Å². The van der Waals surface area contributed by atoms with Gasteiger partial charge in [0.05, 0.1) is 4.90 Å². The Morgan fingerprint density at radius 3 is 2.22 bits per heavy atom. The van der Waals surface area contributed by atoms with Gasteiger partial charge < -0.3 is 5.32 Å². The molecule has 6 heteroatoms. The molecule has 1 N–H and O–H groups in total. The van der Waals surface area contributed by atoms with Gasteiger partial charge >= 0.3 is 0 Å².